The number of aromatic hydroxyl groups is 1. The summed E-state index contributed by atoms with van der Waals surface area (Å²) in [6, 6.07) is 7.68. The van der Waals surface area contributed by atoms with E-state index in [9.17, 15) is 5.11 Å². The zero-order valence-corrected chi connectivity index (χ0v) is 13.4. The normalized spacial score (nSPS) is 10.8. The first-order valence-corrected chi connectivity index (χ1v) is 8.71. The van der Waals surface area contributed by atoms with Gasteiger partial charge in [-0.25, -0.2) is 0 Å². The average Bonchev–Trinajstić information content (AvgIpc) is 2.46. The average molecular weight is 297 g/mol. The van der Waals surface area contributed by atoms with Crippen LogP contribution in [-0.2, 0) is 6.42 Å². The first kappa shape index (κ1) is 17.4. The van der Waals surface area contributed by atoms with Crippen LogP contribution in [0.1, 0.15) is 69.8 Å². The number of alkyl halides is 1. The second kappa shape index (κ2) is 12.1. The van der Waals surface area contributed by atoms with Crippen LogP contribution < -0.4 is 0 Å². The van der Waals surface area contributed by atoms with E-state index in [4.69, 9.17) is 11.6 Å². The van der Waals surface area contributed by atoms with Crippen molar-refractivity contribution in [3.05, 3.63) is 29.8 Å². The van der Waals surface area contributed by atoms with Crippen molar-refractivity contribution >= 4 is 11.6 Å². The minimum atomic E-state index is 0.449. The number of unbranched alkanes of at least 4 members (excludes halogenated alkanes) is 9. The molecular formula is C18H29ClO. The van der Waals surface area contributed by atoms with Crippen LogP contribution in [0.3, 0.4) is 0 Å². The first-order chi connectivity index (χ1) is 9.84. The molecule has 1 nitrogen and oxygen atoms in total. The van der Waals surface area contributed by atoms with E-state index >= 15 is 0 Å². The molecule has 0 unspecified atom stereocenters. The molecule has 0 atom stereocenters. The number of para-hydroxylation sites is 1. The summed E-state index contributed by atoms with van der Waals surface area (Å²) in [6.07, 6.45) is 14.1. The van der Waals surface area contributed by atoms with Gasteiger partial charge in [-0.05, 0) is 30.9 Å². The highest BCUT2D eigenvalue weighted by atomic mass is 35.5. The van der Waals surface area contributed by atoms with Gasteiger partial charge in [-0.1, -0.05) is 69.6 Å². The van der Waals surface area contributed by atoms with Gasteiger partial charge in [0.05, 0.1) is 0 Å². The highest BCUT2D eigenvalue weighted by Crippen LogP contribution is 2.19. The second-order valence-corrected chi connectivity index (χ2v) is 5.98. The molecule has 0 aliphatic heterocycles. The molecule has 0 fully saturated rings. The lowest BCUT2D eigenvalue weighted by molar-refractivity contribution is 0.466. The lowest BCUT2D eigenvalue weighted by atomic mass is 10.0. The number of benzene rings is 1. The van der Waals surface area contributed by atoms with Gasteiger partial charge in [0.25, 0.3) is 0 Å². The molecule has 0 radical (unpaired) electrons. The molecule has 0 spiro atoms. The van der Waals surface area contributed by atoms with E-state index in [0.29, 0.717) is 5.75 Å². The molecule has 1 aromatic rings. The molecule has 1 rings (SSSR count). The number of hydrogen-bond acceptors (Lipinski definition) is 1. The van der Waals surface area contributed by atoms with E-state index in [1.807, 2.05) is 18.2 Å². The van der Waals surface area contributed by atoms with Gasteiger partial charge in [0.2, 0.25) is 0 Å². The molecule has 1 aromatic carbocycles. The third-order valence-corrected chi connectivity index (χ3v) is 4.09. The zero-order chi connectivity index (χ0) is 14.5. The van der Waals surface area contributed by atoms with Gasteiger partial charge in [0.15, 0.2) is 0 Å². The fourth-order valence-electron chi connectivity index (χ4n) is 2.55. The molecule has 114 valence electrons. The fraction of sp³-hybridized carbons (Fsp3) is 0.667. The number of aryl methyl sites for hydroxylation is 1. The van der Waals surface area contributed by atoms with Crippen molar-refractivity contribution in [3.63, 3.8) is 0 Å². The van der Waals surface area contributed by atoms with Crippen molar-refractivity contribution in [2.75, 3.05) is 5.88 Å². The molecule has 1 N–H and O–H groups in total. The lowest BCUT2D eigenvalue weighted by Gasteiger charge is -2.04. The largest absolute Gasteiger partial charge is 0.508 e. The molecule has 0 aliphatic rings. The first-order valence-electron chi connectivity index (χ1n) is 8.17. The maximum absolute atomic E-state index is 9.66. The van der Waals surface area contributed by atoms with Crippen molar-refractivity contribution in [3.8, 4) is 5.75 Å². The Hall–Kier alpha value is -0.690. The van der Waals surface area contributed by atoms with Crippen molar-refractivity contribution in [2.45, 2.75) is 70.6 Å². The monoisotopic (exact) mass is 296 g/mol. The van der Waals surface area contributed by atoms with Gasteiger partial charge >= 0.3 is 0 Å². The van der Waals surface area contributed by atoms with E-state index in [1.54, 1.807) is 6.07 Å². The quantitative estimate of drug-likeness (QED) is 0.366. The highest BCUT2D eigenvalue weighted by Gasteiger charge is 1.99. The summed E-state index contributed by atoms with van der Waals surface area (Å²) in [5, 5.41) is 9.66. The van der Waals surface area contributed by atoms with Gasteiger partial charge in [0, 0.05) is 5.88 Å². The standard InChI is InChI=1S/C18H29ClO/c19-16-12-8-6-4-2-1-3-5-7-9-13-17-14-10-11-15-18(17)20/h10-11,14-15,20H,1-9,12-13,16H2. The summed E-state index contributed by atoms with van der Waals surface area (Å²) in [5.74, 6) is 1.26. The SMILES string of the molecule is Oc1ccccc1CCCCCCCCCCCCCl. The van der Waals surface area contributed by atoms with E-state index < -0.39 is 0 Å². The summed E-state index contributed by atoms with van der Waals surface area (Å²) >= 11 is 5.65. The molecule has 20 heavy (non-hydrogen) atoms. The zero-order valence-electron chi connectivity index (χ0n) is 12.6. The predicted octanol–water partition coefficient (Wildman–Crippen LogP) is 6.07. The Bertz CT molecular complexity index is 338. The fourth-order valence-corrected chi connectivity index (χ4v) is 2.74. The predicted molar refractivity (Wildman–Crippen MR) is 88.7 cm³/mol. The molecule has 0 saturated carbocycles. The van der Waals surface area contributed by atoms with Crippen molar-refractivity contribution < 1.29 is 5.11 Å². The topological polar surface area (TPSA) is 20.2 Å². The van der Waals surface area contributed by atoms with Gasteiger partial charge in [0.1, 0.15) is 5.75 Å². The van der Waals surface area contributed by atoms with Crippen LogP contribution in [0.2, 0.25) is 0 Å². The second-order valence-electron chi connectivity index (χ2n) is 5.60. The van der Waals surface area contributed by atoms with Crippen molar-refractivity contribution in [1.29, 1.82) is 0 Å². The Morgan fingerprint density at radius 3 is 1.75 bits per heavy atom. The van der Waals surface area contributed by atoms with Gasteiger partial charge in [-0.15, -0.1) is 11.6 Å². The third-order valence-electron chi connectivity index (χ3n) is 3.82. The Balaban J connectivity index is 1.87. The number of rotatable bonds is 12. The van der Waals surface area contributed by atoms with Crippen LogP contribution in [0.25, 0.3) is 0 Å². The van der Waals surface area contributed by atoms with Crippen LogP contribution in [0.15, 0.2) is 24.3 Å². The molecule has 0 bridgehead atoms. The van der Waals surface area contributed by atoms with Crippen LogP contribution in [0, 0.1) is 0 Å². The van der Waals surface area contributed by atoms with Gasteiger partial charge in [-0.2, -0.15) is 0 Å². The summed E-state index contributed by atoms with van der Waals surface area (Å²) in [6.45, 7) is 0. The Morgan fingerprint density at radius 2 is 1.20 bits per heavy atom. The Morgan fingerprint density at radius 1 is 0.700 bits per heavy atom. The number of hydrogen-bond donors (Lipinski definition) is 1. The van der Waals surface area contributed by atoms with E-state index in [-0.39, 0.29) is 0 Å². The highest BCUT2D eigenvalue weighted by molar-refractivity contribution is 6.17. The van der Waals surface area contributed by atoms with Crippen LogP contribution in [0.5, 0.6) is 5.75 Å². The van der Waals surface area contributed by atoms with E-state index in [0.717, 1.165) is 17.9 Å². The van der Waals surface area contributed by atoms with Gasteiger partial charge in [-0.3, -0.25) is 0 Å². The van der Waals surface area contributed by atoms with Crippen LogP contribution >= 0.6 is 11.6 Å². The minimum absolute atomic E-state index is 0.449. The molecule has 2 heteroatoms. The summed E-state index contributed by atoms with van der Waals surface area (Å²) in [4.78, 5) is 0. The van der Waals surface area contributed by atoms with E-state index in [2.05, 4.69) is 0 Å². The summed E-state index contributed by atoms with van der Waals surface area (Å²) in [5.41, 5.74) is 1.09. The summed E-state index contributed by atoms with van der Waals surface area (Å²) in [7, 11) is 0. The number of phenolic OH excluding ortho intramolecular Hbond substituents is 1. The van der Waals surface area contributed by atoms with Crippen LogP contribution in [0.4, 0.5) is 0 Å². The lowest BCUT2D eigenvalue weighted by Crippen LogP contribution is -1.87. The summed E-state index contributed by atoms with van der Waals surface area (Å²) < 4.78 is 0. The molecule has 0 aromatic heterocycles. The molecule has 0 amide bonds. The number of halogens is 1. The third kappa shape index (κ3) is 8.47. The van der Waals surface area contributed by atoms with Crippen molar-refractivity contribution in [1.82, 2.24) is 0 Å². The van der Waals surface area contributed by atoms with E-state index in [1.165, 1.54) is 64.2 Å². The Labute approximate surface area is 129 Å². The molecule has 0 aliphatic carbocycles. The number of phenols is 1. The van der Waals surface area contributed by atoms with Crippen LogP contribution in [-0.4, -0.2) is 11.0 Å². The van der Waals surface area contributed by atoms with Crippen molar-refractivity contribution in [2.24, 2.45) is 0 Å². The minimum Gasteiger partial charge on any atom is -0.508 e. The molecule has 0 heterocycles. The van der Waals surface area contributed by atoms with Gasteiger partial charge < -0.3 is 5.11 Å². The maximum atomic E-state index is 9.66. The molecular weight excluding hydrogens is 268 g/mol. The molecule has 0 saturated heterocycles. The smallest absolute Gasteiger partial charge is 0.118 e. The Kier molecular flexibility index (Phi) is 10.5. The maximum Gasteiger partial charge on any atom is 0.118 e.